The molecule has 1 N–H and O–H groups in total. The van der Waals surface area contributed by atoms with Crippen molar-refractivity contribution in [2.24, 2.45) is 5.92 Å². The van der Waals surface area contributed by atoms with E-state index in [4.69, 9.17) is 35.4 Å². The molecular weight excluding hydrogens is 327 g/mol. The monoisotopic (exact) mass is 342 g/mol. The Bertz CT molecular complexity index is 581. The van der Waals surface area contributed by atoms with Gasteiger partial charge in [0, 0.05) is 16.4 Å². The highest BCUT2D eigenvalue weighted by atomic mass is 35.5. The maximum atomic E-state index is 12.7. The summed E-state index contributed by atoms with van der Waals surface area (Å²) in [6.45, 7) is 0.415. The highest BCUT2D eigenvalue weighted by molar-refractivity contribution is 7.80. The number of halogens is 2. The van der Waals surface area contributed by atoms with Gasteiger partial charge in [0.1, 0.15) is 0 Å². The smallest absolute Gasteiger partial charge is 0.234 e. The first-order valence-electron chi connectivity index (χ1n) is 7.05. The second kappa shape index (κ2) is 6.11. The number of hydrogen-bond donors (Lipinski definition) is 1. The van der Waals surface area contributed by atoms with Gasteiger partial charge in [0.05, 0.1) is 12.5 Å². The molecule has 2 aliphatic rings. The molecule has 3 atom stereocenters. The van der Waals surface area contributed by atoms with Crippen LogP contribution < -0.4 is 5.32 Å². The first-order valence-corrected chi connectivity index (χ1v) is 8.28. The first kappa shape index (κ1) is 15.1. The second-order valence-electron chi connectivity index (χ2n) is 5.59. The van der Waals surface area contributed by atoms with Gasteiger partial charge in [0.2, 0.25) is 5.91 Å². The fourth-order valence-corrected chi connectivity index (χ4v) is 3.88. The molecule has 1 aliphatic carbocycles. The normalized spacial score (nSPS) is 29.0. The molecule has 6 heteroatoms. The number of benzene rings is 1. The Morgan fingerprint density at radius 1 is 1.33 bits per heavy atom. The highest BCUT2D eigenvalue weighted by Crippen LogP contribution is 2.33. The summed E-state index contributed by atoms with van der Waals surface area (Å²) in [4.78, 5) is 14.3. The lowest BCUT2D eigenvalue weighted by atomic mass is 9.82. The van der Waals surface area contributed by atoms with Crippen molar-refractivity contribution in [3.05, 3.63) is 34.9 Å². The third-order valence-electron chi connectivity index (χ3n) is 4.21. The topological polar surface area (TPSA) is 32.3 Å². The van der Waals surface area contributed by atoms with Crippen LogP contribution in [0, 0.1) is 5.92 Å². The van der Waals surface area contributed by atoms with Crippen LogP contribution in [-0.4, -0.2) is 27.3 Å². The fourth-order valence-electron chi connectivity index (χ4n) is 3.06. The lowest BCUT2D eigenvalue weighted by Crippen LogP contribution is -2.61. The SMILES string of the molecule is O=C1C2CCC(Cl)CC2NC(=S)N1Cc1ccccc1Cl. The molecule has 1 aromatic rings. The maximum absolute atomic E-state index is 12.7. The number of rotatable bonds is 2. The van der Waals surface area contributed by atoms with Crippen molar-refractivity contribution < 1.29 is 4.79 Å². The quantitative estimate of drug-likeness (QED) is 0.660. The van der Waals surface area contributed by atoms with Crippen LogP contribution in [0.2, 0.25) is 5.02 Å². The molecule has 3 unspecified atom stereocenters. The number of amides is 1. The van der Waals surface area contributed by atoms with Gasteiger partial charge in [-0.3, -0.25) is 9.69 Å². The van der Waals surface area contributed by atoms with E-state index in [1.54, 1.807) is 4.90 Å². The molecule has 1 saturated heterocycles. The number of alkyl halides is 1. The zero-order chi connectivity index (χ0) is 15.0. The summed E-state index contributed by atoms with van der Waals surface area (Å²) >= 11 is 17.7. The Balaban J connectivity index is 1.79. The minimum atomic E-state index is -0.0332. The average molecular weight is 343 g/mol. The van der Waals surface area contributed by atoms with E-state index in [-0.39, 0.29) is 23.2 Å². The van der Waals surface area contributed by atoms with Gasteiger partial charge in [-0.05, 0) is 43.1 Å². The Morgan fingerprint density at radius 3 is 2.86 bits per heavy atom. The van der Waals surface area contributed by atoms with E-state index in [0.29, 0.717) is 16.7 Å². The lowest BCUT2D eigenvalue weighted by Gasteiger charge is -2.42. The molecule has 3 rings (SSSR count). The van der Waals surface area contributed by atoms with Gasteiger partial charge < -0.3 is 5.32 Å². The van der Waals surface area contributed by atoms with Crippen LogP contribution in [0.25, 0.3) is 0 Å². The van der Waals surface area contributed by atoms with E-state index in [2.05, 4.69) is 5.32 Å². The van der Waals surface area contributed by atoms with E-state index >= 15 is 0 Å². The number of carbonyl (C=O) groups excluding carboxylic acids is 1. The Kier molecular flexibility index (Phi) is 4.38. The molecule has 1 aromatic carbocycles. The van der Waals surface area contributed by atoms with Gasteiger partial charge in [-0.25, -0.2) is 0 Å². The zero-order valence-corrected chi connectivity index (χ0v) is 13.7. The van der Waals surface area contributed by atoms with Gasteiger partial charge in [0.15, 0.2) is 5.11 Å². The van der Waals surface area contributed by atoms with E-state index in [1.807, 2.05) is 24.3 Å². The van der Waals surface area contributed by atoms with Crippen LogP contribution in [0.1, 0.15) is 24.8 Å². The summed E-state index contributed by atoms with van der Waals surface area (Å²) in [6.07, 6.45) is 2.48. The summed E-state index contributed by atoms with van der Waals surface area (Å²) in [6, 6.07) is 7.60. The number of fused-ring (bicyclic) bond motifs is 1. The third-order valence-corrected chi connectivity index (χ3v) is 5.31. The van der Waals surface area contributed by atoms with Crippen molar-refractivity contribution >= 4 is 46.4 Å². The minimum Gasteiger partial charge on any atom is -0.359 e. The summed E-state index contributed by atoms with van der Waals surface area (Å²) in [7, 11) is 0. The van der Waals surface area contributed by atoms with Crippen LogP contribution >= 0.6 is 35.4 Å². The second-order valence-corrected chi connectivity index (χ2v) is 7.00. The van der Waals surface area contributed by atoms with E-state index in [1.165, 1.54) is 0 Å². The predicted octanol–water partition coefficient (Wildman–Crippen LogP) is 3.33. The van der Waals surface area contributed by atoms with Gasteiger partial charge in [-0.2, -0.15) is 0 Å². The van der Waals surface area contributed by atoms with Gasteiger partial charge in [0.25, 0.3) is 0 Å². The van der Waals surface area contributed by atoms with Crippen LogP contribution in [0.5, 0.6) is 0 Å². The molecule has 0 aromatic heterocycles. The molecule has 0 spiro atoms. The Labute approximate surface area is 139 Å². The first-order chi connectivity index (χ1) is 10.1. The van der Waals surface area contributed by atoms with Gasteiger partial charge in [-0.15, -0.1) is 11.6 Å². The number of thiocarbonyl (C=S) groups is 1. The van der Waals surface area contributed by atoms with E-state index < -0.39 is 0 Å². The van der Waals surface area contributed by atoms with Gasteiger partial charge in [-0.1, -0.05) is 29.8 Å². The zero-order valence-electron chi connectivity index (χ0n) is 11.4. The molecule has 1 saturated carbocycles. The average Bonchev–Trinajstić information content (AvgIpc) is 2.45. The van der Waals surface area contributed by atoms with Crippen molar-refractivity contribution in [2.45, 2.75) is 37.2 Å². The molecule has 1 amide bonds. The van der Waals surface area contributed by atoms with E-state index in [9.17, 15) is 4.79 Å². The van der Waals surface area contributed by atoms with Gasteiger partial charge >= 0.3 is 0 Å². The van der Waals surface area contributed by atoms with Crippen molar-refractivity contribution in [3.8, 4) is 0 Å². The fraction of sp³-hybridized carbons (Fsp3) is 0.467. The van der Waals surface area contributed by atoms with Crippen LogP contribution in [0.4, 0.5) is 0 Å². The molecule has 0 bridgehead atoms. The highest BCUT2D eigenvalue weighted by Gasteiger charge is 2.42. The number of carbonyl (C=O) groups is 1. The van der Waals surface area contributed by atoms with Crippen molar-refractivity contribution in [1.29, 1.82) is 0 Å². The number of nitrogens with one attached hydrogen (secondary N) is 1. The largest absolute Gasteiger partial charge is 0.359 e. The predicted molar refractivity (Wildman–Crippen MR) is 88.5 cm³/mol. The molecule has 0 radical (unpaired) electrons. The maximum Gasteiger partial charge on any atom is 0.234 e. The summed E-state index contributed by atoms with van der Waals surface area (Å²) in [5, 5.41) is 4.54. The number of nitrogens with zero attached hydrogens (tertiary/aromatic N) is 1. The summed E-state index contributed by atoms with van der Waals surface area (Å²) < 4.78 is 0. The Morgan fingerprint density at radius 2 is 2.10 bits per heavy atom. The molecule has 1 heterocycles. The molecule has 1 aliphatic heterocycles. The molecular formula is C15H16Cl2N2OS. The van der Waals surface area contributed by atoms with Crippen LogP contribution in [0.15, 0.2) is 24.3 Å². The van der Waals surface area contributed by atoms with Crippen molar-refractivity contribution in [3.63, 3.8) is 0 Å². The standard InChI is InChI=1S/C15H16Cl2N2OS/c16-10-5-6-11-13(7-10)18-15(21)19(14(11)20)8-9-3-1-2-4-12(9)17/h1-4,10-11,13H,5-8H2,(H,18,21). The summed E-state index contributed by atoms with van der Waals surface area (Å²) in [5.74, 6) is 0.0569. The molecule has 21 heavy (non-hydrogen) atoms. The van der Waals surface area contributed by atoms with E-state index in [0.717, 1.165) is 24.8 Å². The summed E-state index contributed by atoms with van der Waals surface area (Å²) in [5.41, 5.74) is 0.904. The third kappa shape index (κ3) is 3.03. The number of hydrogen-bond acceptors (Lipinski definition) is 2. The Hall–Kier alpha value is -0.840. The van der Waals surface area contributed by atoms with Crippen molar-refractivity contribution in [1.82, 2.24) is 10.2 Å². The van der Waals surface area contributed by atoms with Crippen LogP contribution in [-0.2, 0) is 11.3 Å². The molecule has 3 nitrogen and oxygen atoms in total. The minimum absolute atomic E-state index is 0.0332. The lowest BCUT2D eigenvalue weighted by molar-refractivity contribution is -0.135. The van der Waals surface area contributed by atoms with Crippen LogP contribution in [0.3, 0.4) is 0 Å². The molecule has 2 fully saturated rings. The molecule has 112 valence electrons. The van der Waals surface area contributed by atoms with Crippen molar-refractivity contribution in [2.75, 3.05) is 0 Å².